The molecule has 424 valence electrons. The number of imidazole rings is 2. The lowest BCUT2D eigenvalue weighted by atomic mass is 9.96. The zero-order chi connectivity index (χ0) is 54.1. The Balaban J connectivity index is 1.11. The van der Waals surface area contributed by atoms with E-state index in [2.05, 4.69) is 43.8 Å². The number of phosphoric ester groups is 1. The first-order valence-electron chi connectivity index (χ1n) is 27.0. The Labute approximate surface area is 442 Å². The molecule has 0 bridgehead atoms. The molecule has 0 spiro atoms. The molecule has 76 heavy (non-hydrogen) atoms. The van der Waals surface area contributed by atoms with Crippen LogP contribution in [0.2, 0.25) is 0 Å². The molecule has 0 amide bonds. The predicted molar refractivity (Wildman–Crippen MR) is 274 cm³/mol. The smallest absolute Gasteiger partial charge is 0.438 e. The van der Waals surface area contributed by atoms with E-state index < -0.39 is 109 Å². The number of hydrogen-bond donors (Lipinski definition) is 2. The molecule has 0 aliphatic carbocycles. The van der Waals surface area contributed by atoms with Gasteiger partial charge in [-0.3, -0.25) is 41.4 Å². The maximum atomic E-state index is 17.3. The molecule has 0 saturated carbocycles. The number of nitrogen functional groups attached to an aromatic ring is 2. The molecule has 27 heteroatoms. The molecular formula is C49H76F2N10O13P2. The number of hydrogen-bond acceptors (Lipinski definition) is 21. The summed E-state index contributed by atoms with van der Waals surface area (Å²) in [5, 5.41) is 0. The van der Waals surface area contributed by atoms with E-state index in [1.165, 1.54) is 79.5 Å². The summed E-state index contributed by atoms with van der Waals surface area (Å²) in [7, 11) is -9.64. The first kappa shape index (κ1) is 59.3. The van der Waals surface area contributed by atoms with Gasteiger partial charge in [0, 0.05) is 12.8 Å². The Kier molecular flexibility index (Phi) is 22.7. The monoisotopic (exact) mass is 1110 g/mol. The molecule has 23 nitrogen and oxygen atoms in total. The van der Waals surface area contributed by atoms with E-state index in [0.29, 0.717) is 12.8 Å². The molecule has 3 fully saturated rings. The highest BCUT2D eigenvalue weighted by atomic mass is 31.2. The fraction of sp³-hybridized carbons (Fsp3) is 0.755. The third kappa shape index (κ3) is 15.9. The molecule has 3 aliphatic heterocycles. The molecule has 4 aromatic rings. The minimum absolute atomic E-state index is 0.00370. The summed E-state index contributed by atoms with van der Waals surface area (Å²) in [6, 6.07) is 0. The number of unbranched alkanes of at least 4 members (excludes halogenated alkanes) is 16. The van der Waals surface area contributed by atoms with Gasteiger partial charge >= 0.3 is 27.4 Å². The SMILES string of the molecule is CCCCCCCCCCCC(=O)OCOP1(=O)CCC(C)[C@H]2O[C@@H](n3cnc4c(N)ncnc43)[C@H](F)[C@@H]2OP(=O)(OCOC(=O)CCCCCCCCCCC)OC[C@H]2O[C@@H](n3cnc4c(N)ncnc43)[C@H](F)[C@@H]2O1. The van der Waals surface area contributed by atoms with Crippen LogP contribution in [0.5, 0.6) is 0 Å². The van der Waals surface area contributed by atoms with E-state index in [1.807, 2.05) is 0 Å². The maximum absolute atomic E-state index is 17.3. The van der Waals surface area contributed by atoms with Gasteiger partial charge in [-0.25, -0.2) is 47.8 Å². The molecule has 7 heterocycles. The number of esters is 2. The number of aromatic nitrogens is 8. The molecule has 4 aromatic heterocycles. The molecule has 0 radical (unpaired) electrons. The predicted octanol–water partition coefficient (Wildman–Crippen LogP) is 10.3. The summed E-state index contributed by atoms with van der Waals surface area (Å²) >= 11 is 0. The number of anilines is 2. The van der Waals surface area contributed by atoms with Crippen LogP contribution >= 0.6 is 15.4 Å². The molecule has 3 unspecified atom stereocenters. The second-order valence-corrected chi connectivity index (χ2v) is 23.5. The summed E-state index contributed by atoms with van der Waals surface area (Å²) < 4.78 is 120. The number of nitrogens with two attached hydrogens (primary N) is 2. The zero-order valence-corrected chi connectivity index (χ0v) is 45.7. The molecule has 11 atom stereocenters. The van der Waals surface area contributed by atoms with Gasteiger partial charge < -0.3 is 30.4 Å². The number of fused-ring (bicyclic) bond motifs is 4. The van der Waals surface area contributed by atoms with E-state index in [4.69, 9.17) is 53.0 Å². The van der Waals surface area contributed by atoms with Crippen LogP contribution < -0.4 is 11.5 Å². The van der Waals surface area contributed by atoms with Gasteiger partial charge in [-0.05, 0) is 25.2 Å². The van der Waals surface area contributed by atoms with Crippen LogP contribution in [0.4, 0.5) is 20.4 Å². The Morgan fingerprint density at radius 2 is 1.11 bits per heavy atom. The van der Waals surface area contributed by atoms with Crippen LogP contribution in [0.1, 0.15) is 168 Å². The topological polar surface area (TPSA) is 291 Å². The summed E-state index contributed by atoms with van der Waals surface area (Å²) in [5.74, 6) is -2.04. The van der Waals surface area contributed by atoms with Gasteiger partial charge in [-0.15, -0.1) is 0 Å². The molecule has 3 aliphatic rings. The van der Waals surface area contributed by atoms with Crippen molar-refractivity contribution in [1.29, 1.82) is 0 Å². The van der Waals surface area contributed by atoms with Gasteiger partial charge in [0.15, 0.2) is 47.7 Å². The summed E-state index contributed by atoms with van der Waals surface area (Å²) in [6.07, 6.45) is 9.14. The number of carbonyl (C=O) groups excluding carboxylic acids is 2. The van der Waals surface area contributed by atoms with Crippen LogP contribution in [-0.2, 0) is 60.3 Å². The van der Waals surface area contributed by atoms with E-state index in [9.17, 15) is 9.59 Å². The van der Waals surface area contributed by atoms with Crippen molar-refractivity contribution in [3.05, 3.63) is 25.3 Å². The lowest BCUT2D eigenvalue weighted by molar-refractivity contribution is -0.152. The highest BCUT2D eigenvalue weighted by Gasteiger charge is 2.56. The lowest BCUT2D eigenvalue weighted by Crippen LogP contribution is -2.36. The van der Waals surface area contributed by atoms with Gasteiger partial charge in [0.25, 0.3) is 0 Å². The molecule has 0 aromatic carbocycles. The maximum Gasteiger partial charge on any atom is 0.478 e. The minimum atomic E-state index is -5.10. The molecule has 4 N–H and O–H groups in total. The van der Waals surface area contributed by atoms with Crippen molar-refractivity contribution in [2.75, 3.05) is 37.8 Å². The van der Waals surface area contributed by atoms with Crippen molar-refractivity contribution in [2.24, 2.45) is 5.92 Å². The zero-order valence-electron chi connectivity index (χ0n) is 43.9. The molecule has 7 rings (SSSR count). The van der Waals surface area contributed by atoms with Crippen LogP contribution in [0.25, 0.3) is 22.3 Å². The number of phosphoric acid groups is 1. The summed E-state index contributed by atoms with van der Waals surface area (Å²) in [6.45, 7) is 3.37. The Morgan fingerprint density at radius 3 is 1.63 bits per heavy atom. The van der Waals surface area contributed by atoms with Crippen molar-refractivity contribution in [2.45, 2.75) is 205 Å². The van der Waals surface area contributed by atoms with Crippen molar-refractivity contribution in [3.63, 3.8) is 0 Å². The van der Waals surface area contributed by atoms with Crippen LogP contribution in [-0.4, -0.2) is 114 Å². The Bertz CT molecular complexity index is 2570. The van der Waals surface area contributed by atoms with Crippen LogP contribution in [0.3, 0.4) is 0 Å². The average molecular weight is 1110 g/mol. The third-order valence-electron chi connectivity index (χ3n) is 14.0. The van der Waals surface area contributed by atoms with Crippen molar-refractivity contribution in [1.82, 2.24) is 39.0 Å². The number of nitrogens with zero attached hydrogens (tertiary/aromatic N) is 8. The van der Waals surface area contributed by atoms with Crippen molar-refractivity contribution >= 4 is 61.3 Å². The van der Waals surface area contributed by atoms with Crippen molar-refractivity contribution < 1.29 is 69.1 Å². The highest BCUT2D eigenvalue weighted by Crippen LogP contribution is 2.58. The van der Waals surface area contributed by atoms with Gasteiger partial charge in [0.1, 0.15) is 42.0 Å². The Morgan fingerprint density at radius 1 is 0.632 bits per heavy atom. The second-order valence-electron chi connectivity index (χ2n) is 19.8. The van der Waals surface area contributed by atoms with Crippen LogP contribution in [0.15, 0.2) is 25.3 Å². The van der Waals surface area contributed by atoms with Gasteiger partial charge in [-0.1, -0.05) is 124 Å². The number of halogens is 2. The van der Waals surface area contributed by atoms with Crippen LogP contribution in [0, 0.1) is 5.92 Å². The lowest BCUT2D eigenvalue weighted by Gasteiger charge is -2.28. The number of ether oxygens (including phenoxy) is 4. The van der Waals surface area contributed by atoms with E-state index in [-0.39, 0.29) is 53.2 Å². The number of rotatable bonds is 28. The third-order valence-corrected chi connectivity index (χ3v) is 17.3. The second kappa shape index (κ2) is 29.1. The quantitative estimate of drug-likeness (QED) is 0.0231. The van der Waals surface area contributed by atoms with Gasteiger partial charge in [0.2, 0.25) is 13.6 Å². The first-order valence-corrected chi connectivity index (χ1v) is 30.2. The van der Waals surface area contributed by atoms with Crippen molar-refractivity contribution in [3.8, 4) is 0 Å². The molecule has 3 saturated heterocycles. The fourth-order valence-electron chi connectivity index (χ4n) is 9.65. The van der Waals surface area contributed by atoms with E-state index in [0.717, 1.165) is 57.7 Å². The normalized spacial score (nSPS) is 28.1. The molecular weight excluding hydrogens is 1040 g/mol. The summed E-state index contributed by atoms with van der Waals surface area (Å²) in [5.41, 5.74) is 12.6. The van der Waals surface area contributed by atoms with E-state index >= 15 is 17.9 Å². The summed E-state index contributed by atoms with van der Waals surface area (Å²) in [4.78, 5) is 50.7. The largest absolute Gasteiger partial charge is 0.478 e. The standard InChI is InChI=1S/C49H76F2N10O13P2/c1-4-6-8-10-12-14-16-18-20-22-35(62)66-31-69-75(64)25-24-33(3)41-43(38(51)49(72-41)61-30-59-40-45(53)55-28-57-47(40)61)74-76(65,70-32-67-36(63)23-21-19-17-15-13-11-9-7-5-2)68-26-34-42(73-75)37(50)48(71-34)60-29-58-39-44(52)54-27-56-46(39)60/h27-30,33-34,37-38,41-43,48-49H,4-26,31-32H2,1-3H3,(H2,52,54,56)(H2,53,55,57)/t33?,34-,37-,38-,41-,42-,43+,48-,49-,75?,76?/m1/s1. The number of carbonyl (C=O) groups is 2. The first-order chi connectivity index (χ1) is 36.7. The minimum Gasteiger partial charge on any atom is -0.438 e. The number of alkyl halides is 2. The highest BCUT2D eigenvalue weighted by molar-refractivity contribution is 7.53. The van der Waals surface area contributed by atoms with E-state index in [1.54, 1.807) is 6.92 Å². The fourth-order valence-corrected chi connectivity index (χ4v) is 12.7. The van der Waals surface area contributed by atoms with Gasteiger partial charge in [0.05, 0.1) is 31.5 Å². The average Bonchev–Trinajstić information content (AvgIpc) is 4.20. The Hall–Kier alpha value is -4.32. The van der Waals surface area contributed by atoms with Gasteiger partial charge in [-0.2, -0.15) is 0 Å².